The fraction of sp³-hybridized carbons (Fsp3) is 0.846. The van der Waals surface area contributed by atoms with E-state index in [1.54, 1.807) is 4.90 Å². The van der Waals surface area contributed by atoms with Gasteiger partial charge in [-0.1, -0.05) is 0 Å². The smallest absolute Gasteiger partial charge is 0.222 e. The molecule has 0 aromatic rings. The van der Waals surface area contributed by atoms with Crippen LogP contribution in [-0.4, -0.2) is 49.4 Å². The van der Waals surface area contributed by atoms with Crippen molar-refractivity contribution in [3.63, 3.8) is 0 Å². The van der Waals surface area contributed by atoms with Gasteiger partial charge in [-0.05, 0) is 34.2 Å². The standard InChI is InChI=1S/C13H27N3O2/c1-5-16(6-2)13(18)9-7-8-12(17)15-10-11(3)14-4/h11,14H,5-10H2,1-4H3,(H,15,17). The molecular weight excluding hydrogens is 230 g/mol. The highest BCUT2D eigenvalue weighted by Gasteiger charge is 2.10. The average molecular weight is 257 g/mol. The number of likely N-dealkylation sites (N-methyl/N-ethyl adjacent to an activating group) is 1. The molecule has 0 aromatic carbocycles. The maximum absolute atomic E-state index is 11.7. The highest BCUT2D eigenvalue weighted by atomic mass is 16.2. The maximum Gasteiger partial charge on any atom is 0.222 e. The Hall–Kier alpha value is -1.10. The quantitative estimate of drug-likeness (QED) is 0.641. The zero-order valence-corrected chi connectivity index (χ0v) is 12.1. The summed E-state index contributed by atoms with van der Waals surface area (Å²) in [5.41, 5.74) is 0. The van der Waals surface area contributed by atoms with Gasteiger partial charge < -0.3 is 15.5 Å². The van der Waals surface area contributed by atoms with Crippen LogP contribution in [0.5, 0.6) is 0 Å². The molecular formula is C13H27N3O2. The lowest BCUT2D eigenvalue weighted by Crippen LogP contribution is -2.37. The van der Waals surface area contributed by atoms with Crippen molar-refractivity contribution in [2.24, 2.45) is 0 Å². The second-order valence-electron chi connectivity index (χ2n) is 4.41. The Morgan fingerprint density at radius 3 is 2.28 bits per heavy atom. The number of hydrogen-bond donors (Lipinski definition) is 2. The summed E-state index contributed by atoms with van der Waals surface area (Å²) >= 11 is 0. The lowest BCUT2D eigenvalue weighted by Gasteiger charge is -2.18. The van der Waals surface area contributed by atoms with Crippen LogP contribution in [0.3, 0.4) is 0 Å². The molecule has 5 heteroatoms. The van der Waals surface area contributed by atoms with E-state index in [0.717, 1.165) is 13.1 Å². The van der Waals surface area contributed by atoms with Crippen molar-refractivity contribution in [1.82, 2.24) is 15.5 Å². The van der Waals surface area contributed by atoms with Gasteiger partial charge in [0.25, 0.3) is 0 Å². The minimum absolute atomic E-state index is 0.0180. The van der Waals surface area contributed by atoms with Gasteiger partial charge >= 0.3 is 0 Å². The van der Waals surface area contributed by atoms with E-state index in [0.29, 0.717) is 25.8 Å². The topological polar surface area (TPSA) is 61.4 Å². The first-order chi connectivity index (χ1) is 8.54. The second-order valence-corrected chi connectivity index (χ2v) is 4.41. The van der Waals surface area contributed by atoms with Crippen molar-refractivity contribution in [1.29, 1.82) is 0 Å². The summed E-state index contributed by atoms with van der Waals surface area (Å²) in [6.45, 7) is 8.03. The third-order valence-corrected chi connectivity index (χ3v) is 3.01. The molecule has 0 aromatic heterocycles. The van der Waals surface area contributed by atoms with Crippen LogP contribution < -0.4 is 10.6 Å². The van der Waals surface area contributed by atoms with E-state index in [1.165, 1.54) is 0 Å². The summed E-state index contributed by atoms with van der Waals surface area (Å²) < 4.78 is 0. The Bertz CT molecular complexity index is 253. The molecule has 0 radical (unpaired) electrons. The molecule has 1 atom stereocenters. The average Bonchev–Trinajstić information content (AvgIpc) is 2.37. The lowest BCUT2D eigenvalue weighted by molar-refractivity contribution is -0.131. The van der Waals surface area contributed by atoms with Crippen molar-refractivity contribution >= 4 is 11.8 Å². The molecule has 2 N–H and O–H groups in total. The largest absolute Gasteiger partial charge is 0.355 e. The van der Waals surface area contributed by atoms with Crippen molar-refractivity contribution < 1.29 is 9.59 Å². The molecule has 0 rings (SSSR count). The number of nitrogens with one attached hydrogen (secondary N) is 2. The second kappa shape index (κ2) is 9.88. The van der Waals surface area contributed by atoms with E-state index in [9.17, 15) is 9.59 Å². The van der Waals surface area contributed by atoms with Crippen LogP contribution in [0.25, 0.3) is 0 Å². The Morgan fingerprint density at radius 2 is 1.78 bits per heavy atom. The summed E-state index contributed by atoms with van der Waals surface area (Å²) in [4.78, 5) is 25.0. The molecule has 0 saturated carbocycles. The molecule has 0 spiro atoms. The van der Waals surface area contributed by atoms with E-state index in [-0.39, 0.29) is 17.9 Å². The number of carbonyl (C=O) groups is 2. The molecule has 5 nitrogen and oxygen atoms in total. The van der Waals surface area contributed by atoms with Crippen molar-refractivity contribution in [3.05, 3.63) is 0 Å². The molecule has 2 amide bonds. The van der Waals surface area contributed by atoms with E-state index < -0.39 is 0 Å². The molecule has 1 unspecified atom stereocenters. The Balaban J connectivity index is 3.71. The van der Waals surface area contributed by atoms with Gasteiger partial charge in [-0.3, -0.25) is 9.59 Å². The van der Waals surface area contributed by atoms with Crippen LogP contribution in [0, 0.1) is 0 Å². The number of amides is 2. The fourth-order valence-corrected chi connectivity index (χ4v) is 1.59. The third kappa shape index (κ3) is 7.27. The van der Waals surface area contributed by atoms with Crippen LogP contribution in [0.1, 0.15) is 40.0 Å². The third-order valence-electron chi connectivity index (χ3n) is 3.01. The zero-order chi connectivity index (χ0) is 14.0. The molecule has 0 fully saturated rings. The number of rotatable bonds is 9. The van der Waals surface area contributed by atoms with E-state index in [2.05, 4.69) is 10.6 Å². The summed E-state index contributed by atoms with van der Waals surface area (Å²) in [6, 6.07) is 0.270. The zero-order valence-electron chi connectivity index (χ0n) is 12.1. The summed E-state index contributed by atoms with van der Waals surface area (Å²) in [5, 5.41) is 5.89. The molecule has 0 bridgehead atoms. The Morgan fingerprint density at radius 1 is 1.17 bits per heavy atom. The number of carbonyl (C=O) groups excluding carboxylic acids is 2. The molecule has 0 aliphatic carbocycles. The molecule has 0 heterocycles. The Kier molecular flexibility index (Phi) is 9.28. The van der Waals surface area contributed by atoms with Crippen LogP contribution >= 0.6 is 0 Å². The van der Waals surface area contributed by atoms with Gasteiger partial charge in [0.1, 0.15) is 0 Å². The highest BCUT2D eigenvalue weighted by Crippen LogP contribution is 2.01. The monoisotopic (exact) mass is 257 g/mol. The van der Waals surface area contributed by atoms with E-state index in [1.807, 2.05) is 27.8 Å². The van der Waals surface area contributed by atoms with Crippen molar-refractivity contribution in [3.8, 4) is 0 Å². The van der Waals surface area contributed by atoms with Crippen molar-refractivity contribution in [2.45, 2.75) is 46.1 Å². The number of nitrogens with zero attached hydrogens (tertiary/aromatic N) is 1. The fourth-order valence-electron chi connectivity index (χ4n) is 1.59. The summed E-state index contributed by atoms with van der Waals surface area (Å²) in [5.74, 6) is 0.154. The first-order valence-corrected chi connectivity index (χ1v) is 6.76. The minimum atomic E-state index is 0.0180. The van der Waals surface area contributed by atoms with Gasteiger partial charge in [-0.2, -0.15) is 0 Å². The predicted molar refractivity (Wildman–Crippen MR) is 73.3 cm³/mol. The number of hydrogen-bond acceptors (Lipinski definition) is 3. The van der Waals surface area contributed by atoms with Gasteiger partial charge in [0.2, 0.25) is 11.8 Å². The van der Waals surface area contributed by atoms with Gasteiger partial charge in [0.15, 0.2) is 0 Å². The normalized spacial score (nSPS) is 12.0. The lowest BCUT2D eigenvalue weighted by atomic mass is 10.2. The minimum Gasteiger partial charge on any atom is -0.355 e. The van der Waals surface area contributed by atoms with Crippen LogP contribution in [0.4, 0.5) is 0 Å². The van der Waals surface area contributed by atoms with Gasteiger partial charge in [0, 0.05) is 38.5 Å². The molecule has 0 aliphatic heterocycles. The molecule has 18 heavy (non-hydrogen) atoms. The molecule has 0 saturated heterocycles. The first-order valence-electron chi connectivity index (χ1n) is 6.76. The maximum atomic E-state index is 11.7. The van der Waals surface area contributed by atoms with Gasteiger partial charge in [0.05, 0.1) is 0 Å². The van der Waals surface area contributed by atoms with E-state index in [4.69, 9.17) is 0 Å². The summed E-state index contributed by atoms with van der Waals surface area (Å²) in [7, 11) is 1.86. The predicted octanol–water partition coefficient (Wildman–Crippen LogP) is 0.749. The first kappa shape index (κ1) is 16.9. The van der Waals surface area contributed by atoms with E-state index >= 15 is 0 Å². The van der Waals surface area contributed by atoms with Crippen molar-refractivity contribution in [2.75, 3.05) is 26.7 Å². The molecule has 0 aliphatic rings. The van der Waals surface area contributed by atoms with Crippen LogP contribution in [-0.2, 0) is 9.59 Å². The Labute approximate surface area is 110 Å². The van der Waals surface area contributed by atoms with Crippen LogP contribution in [0.2, 0.25) is 0 Å². The van der Waals surface area contributed by atoms with Gasteiger partial charge in [-0.15, -0.1) is 0 Å². The molecule has 106 valence electrons. The van der Waals surface area contributed by atoms with Gasteiger partial charge in [-0.25, -0.2) is 0 Å². The summed E-state index contributed by atoms with van der Waals surface area (Å²) in [6.07, 6.45) is 1.50. The van der Waals surface area contributed by atoms with Crippen LogP contribution in [0.15, 0.2) is 0 Å². The highest BCUT2D eigenvalue weighted by molar-refractivity contribution is 5.78. The SMILES string of the molecule is CCN(CC)C(=O)CCCC(=O)NCC(C)NC.